The summed E-state index contributed by atoms with van der Waals surface area (Å²) in [7, 11) is 1.77. The Morgan fingerprint density at radius 3 is 3.08 bits per heavy atom. The number of hydrogen-bond donors (Lipinski definition) is 1. The lowest BCUT2D eigenvalue weighted by atomic mass is 10.1. The molecule has 1 N–H and O–H groups in total. The summed E-state index contributed by atoms with van der Waals surface area (Å²) < 4.78 is 5.11. The predicted octanol–water partition coefficient (Wildman–Crippen LogP) is 0.707. The summed E-state index contributed by atoms with van der Waals surface area (Å²) in [4.78, 5) is 2.55. The predicted molar refractivity (Wildman–Crippen MR) is 55.0 cm³/mol. The first-order chi connectivity index (χ1) is 6.38. The van der Waals surface area contributed by atoms with Crippen LogP contribution in [0.1, 0.15) is 19.8 Å². The summed E-state index contributed by atoms with van der Waals surface area (Å²) in [6, 6.07) is 0.730. The highest BCUT2D eigenvalue weighted by Crippen LogP contribution is 2.08. The molecule has 0 aromatic heterocycles. The van der Waals surface area contributed by atoms with Gasteiger partial charge in [-0.15, -0.1) is 0 Å². The number of methoxy groups -OCH3 is 1. The van der Waals surface area contributed by atoms with E-state index in [0.717, 1.165) is 32.3 Å². The molecule has 0 aliphatic carbocycles. The van der Waals surface area contributed by atoms with Gasteiger partial charge in [0.1, 0.15) is 0 Å². The van der Waals surface area contributed by atoms with E-state index < -0.39 is 0 Å². The minimum absolute atomic E-state index is 0.730. The zero-order chi connectivity index (χ0) is 9.52. The van der Waals surface area contributed by atoms with Crippen molar-refractivity contribution in [3.63, 3.8) is 0 Å². The maximum Gasteiger partial charge on any atom is 0.0589 e. The number of nitrogens with one attached hydrogen (secondary N) is 1. The maximum absolute atomic E-state index is 5.11. The van der Waals surface area contributed by atoms with Gasteiger partial charge in [-0.25, -0.2) is 0 Å². The molecule has 1 aliphatic heterocycles. The molecule has 0 saturated carbocycles. The van der Waals surface area contributed by atoms with E-state index in [4.69, 9.17) is 4.74 Å². The van der Waals surface area contributed by atoms with Gasteiger partial charge in [0, 0.05) is 39.3 Å². The number of nitrogens with zero attached hydrogens (tertiary/aromatic N) is 1. The molecule has 1 saturated heterocycles. The van der Waals surface area contributed by atoms with Crippen molar-refractivity contribution >= 4 is 0 Å². The molecule has 3 nitrogen and oxygen atoms in total. The van der Waals surface area contributed by atoms with Crippen molar-refractivity contribution < 1.29 is 4.74 Å². The number of rotatable bonds is 5. The highest BCUT2D eigenvalue weighted by Gasteiger charge is 2.20. The molecule has 0 aromatic rings. The van der Waals surface area contributed by atoms with Crippen LogP contribution >= 0.6 is 0 Å². The van der Waals surface area contributed by atoms with E-state index in [2.05, 4.69) is 17.1 Å². The van der Waals surface area contributed by atoms with E-state index in [9.17, 15) is 0 Å². The highest BCUT2D eigenvalue weighted by atomic mass is 16.5. The van der Waals surface area contributed by atoms with Crippen LogP contribution in [-0.2, 0) is 4.74 Å². The van der Waals surface area contributed by atoms with Gasteiger partial charge in [0.15, 0.2) is 0 Å². The zero-order valence-electron chi connectivity index (χ0n) is 8.88. The Hall–Kier alpha value is -0.120. The van der Waals surface area contributed by atoms with Gasteiger partial charge in [0.25, 0.3) is 0 Å². The van der Waals surface area contributed by atoms with Crippen molar-refractivity contribution in [3.05, 3.63) is 0 Å². The van der Waals surface area contributed by atoms with Crippen molar-refractivity contribution in [2.75, 3.05) is 39.9 Å². The lowest BCUT2D eigenvalue weighted by Gasteiger charge is -2.35. The third kappa shape index (κ3) is 3.63. The molecule has 0 spiro atoms. The van der Waals surface area contributed by atoms with Crippen LogP contribution in [0.15, 0.2) is 0 Å². The number of hydrogen-bond acceptors (Lipinski definition) is 3. The summed E-state index contributed by atoms with van der Waals surface area (Å²) in [6.45, 7) is 7.65. The van der Waals surface area contributed by atoms with Gasteiger partial charge >= 0.3 is 0 Å². The quantitative estimate of drug-likeness (QED) is 0.684. The van der Waals surface area contributed by atoms with Crippen LogP contribution in [0.3, 0.4) is 0 Å². The summed E-state index contributed by atoms with van der Waals surface area (Å²) in [5.41, 5.74) is 0. The van der Waals surface area contributed by atoms with Crippen molar-refractivity contribution in [2.45, 2.75) is 25.8 Å². The second-order valence-electron chi connectivity index (χ2n) is 3.68. The molecule has 1 aliphatic rings. The third-order valence-electron chi connectivity index (χ3n) is 2.68. The molecule has 1 rings (SSSR count). The first-order valence-corrected chi connectivity index (χ1v) is 5.32. The Balaban J connectivity index is 2.28. The summed E-state index contributed by atoms with van der Waals surface area (Å²) in [5.74, 6) is 0. The normalized spacial score (nSPS) is 24.9. The minimum Gasteiger partial charge on any atom is -0.383 e. The fraction of sp³-hybridized carbons (Fsp3) is 1.00. The Bertz CT molecular complexity index is 128. The molecule has 1 fully saturated rings. The standard InChI is InChI=1S/C10H22N2O/c1-3-4-10-9-11-5-6-12(10)7-8-13-2/h10-11H,3-9H2,1-2H3/t10-/m0/s1. The van der Waals surface area contributed by atoms with E-state index in [1.54, 1.807) is 7.11 Å². The Morgan fingerprint density at radius 2 is 2.38 bits per heavy atom. The lowest BCUT2D eigenvalue weighted by Crippen LogP contribution is -2.52. The van der Waals surface area contributed by atoms with Gasteiger partial charge in [-0.1, -0.05) is 13.3 Å². The fourth-order valence-electron chi connectivity index (χ4n) is 1.92. The SMILES string of the molecule is CCC[C@H]1CNCCN1CCOC. The van der Waals surface area contributed by atoms with Crippen molar-refractivity contribution in [1.29, 1.82) is 0 Å². The molecule has 0 radical (unpaired) electrons. The van der Waals surface area contributed by atoms with Gasteiger partial charge < -0.3 is 10.1 Å². The van der Waals surface area contributed by atoms with Crippen LogP contribution in [0.4, 0.5) is 0 Å². The minimum atomic E-state index is 0.730. The first-order valence-electron chi connectivity index (χ1n) is 5.32. The van der Waals surface area contributed by atoms with Gasteiger partial charge in [0.2, 0.25) is 0 Å². The molecule has 0 amide bonds. The smallest absolute Gasteiger partial charge is 0.0589 e. The van der Waals surface area contributed by atoms with E-state index in [1.165, 1.54) is 19.4 Å². The monoisotopic (exact) mass is 186 g/mol. The average Bonchev–Trinajstić information content (AvgIpc) is 2.17. The molecule has 0 unspecified atom stereocenters. The zero-order valence-corrected chi connectivity index (χ0v) is 8.88. The summed E-state index contributed by atoms with van der Waals surface area (Å²) in [6.07, 6.45) is 2.58. The van der Waals surface area contributed by atoms with E-state index in [1.807, 2.05) is 0 Å². The second kappa shape index (κ2) is 6.35. The van der Waals surface area contributed by atoms with Crippen LogP contribution < -0.4 is 5.32 Å². The molecule has 0 bridgehead atoms. The second-order valence-corrected chi connectivity index (χ2v) is 3.68. The average molecular weight is 186 g/mol. The third-order valence-corrected chi connectivity index (χ3v) is 2.68. The van der Waals surface area contributed by atoms with Crippen LogP contribution in [-0.4, -0.2) is 50.8 Å². The fourth-order valence-corrected chi connectivity index (χ4v) is 1.92. The van der Waals surface area contributed by atoms with Gasteiger partial charge in [-0.2, -0.15) is 0 Å². The largest absolute Gasteiger partial charge is 0.383 e. The van der Waals surface area contributed by atoms with Gasteiger partial charge in [0.05, 0.1) is 6.61 Å². The Kier molecular flexibility index (Phi) is 5.35. The first kappa shape index (κ1) is 11.0. The lowest BCUT2D eigenvalue weighted by molar-refractivity contribution is 0.0994. The number of ether oxygens (including phenoxy) is 1. The summed E-state index contributed by atoms with van der Waals surface area (Å²) in [5, 5.41) is 3.44. The van der Waals surface area contributed by atoms with Crippen molar-refractivity contribution in [2.24, 2.45) is 0 Å². The van der Waals surface area contributed by atoms with Crippen molar-refractivity contribution in [3.8, 4) is 0 Å². The molecule has 1 atom stereocenters. The van der Waals surface area contributed by atoms with Gasteiger partial charge in [-0.05, 0) is 6.42 Å². The van der Waals surface area contributed by atoms with E-state index in [-0.39, 0.29) is 0 Å². The van der Waals surface area contributed by atoms with Gasteiger partial charge in [-0.3, -0.25) is 4.90 Å². The van der Waals surface area contributed by atoms with Crippen LogP contribution in [0, 0.1) is 0 Å². The van der Waals surface area contributed by atoms with E-state index >= 15 is 0 Å². The molecular weight excluding hydrogens is 164 g/mol. The Morgan fingerprint density at radius 1 is 1.54 bits per heavy atom. The van der Waals surface area contributed by atoms with Crippen LogP contribution in [0.2, 0.25) is 0 Å². The molecular formula is C10H22N2O. The molecule has 3 heteroatoms. The van der Waals surface area contributed by atoms with Crippen LogP contribution in [0.5, 0.6) is 0 Å². The van der Waals surface area contributed by atoms with E-state index in [0.29, 0.717) is 0 Å². The maximum atomic E-state index is 5.11. The molecule has 0 aromatic carbocycles. The summed E-state index contributed by atoms with van der Waals surface area (Å²) >= 11 is 0. The van der Waals surface area contributed by atoms with Crippen LogP contribution in [0.25, 0.3) is 0 Å². The highest BCUT2D eigenvalue weighted by molar-refractivity contribution is 4.78. The Labute approximate surface area is 81.4 Å². The molecule has 1 heterocycles. The van der Waals surface area contributed by atoms with Crippen molar-refractivity contribution in [1.82, 2.24) is 10.2 Å². The molecule has 78 valence electrons. The molecule has 13 heavy (non-hydrogen) atoms. The topological polar surface area (TPSA) is 24.5 Å². The number of piperazine rings is 1.